The fourth-order valence-corrected chi connectivity index (χ4v) is 6.41. The van der Waals surface area contributed by atoms with E-state index < -0.39 is 10.0 Å². The zero-order valence-corrected chi connectivity index (χ0v) is 14.0. The van der Waals surface area contributed by atoms with Gasteiger partial charge in [-0.3, -0.25) is 5.10 Å². The van der Waals surface area contributed by atoms with Crippen LogP contribution in [0.4, 0.5) is 0 Å². The van der Waals surface area contributed by atoms with Crippen LogP contribution in [0.1, 0.15) is 18.5 Å². The Morgan fingerprint density at radius 1 is 1.50 bits per heavy atom. The molecule has 1 unspecified atom stereocenters. The summed E-state index contributed by atoms with van der Waals surface area (Å²) in [6.07, 6.45) is 3.25. The van der Waals surface area contributed by atoms with Gasteiger partial charge >= 0.3 is 0 Å². The van der Waals surface area contributed by atoms with Crippen LogP contribution in [0.5, 0.6) is 0 Å². The molecule has 0 bridgehead atoms. The third-order valence-corrected chi connectivity index (χ3v) is 6.56. The summed E-state index contributed by atoms with van der Waals surface area (Å²) in [5.41, 5.74) is 0.781. The third-order valence-electron chi connectivity index (χ3n) is 2.27. The summed E-state index contributed by atoms with van der Waals surface area (Å²) in [5, 5.41) is 6.45. The van der Waals surface area contributed by atoms with Gasteiger partial charge in [0.2, 0.25) is 10.0 Å². The Balaban J connectivity index is 2.25. The lowest BCUT2D eigenvalue weighted by atomic mass is 10.2. The maximum Gasteiger partial charge on any atom is 0.243 e. The summed E-state index contributed by atoms with van der Waals surface area (Å²) >= 11 is 7.82. The van der Waals surface area contributed by atoms with Crippen molar-refractivity contribution in [2.75, 3.05) is 0 Å². The Morgan fingerprint density at radius 3 is 2.72 bits per heavy atom. The van der Waals surface area contributed by atoms with Crippen LogP contribution in [0.3, 0.4) is 0 Å². The van der Waals surface area contributed by atoms with Crippen LogP contribution in [0, 0.1) is 0 Å². The molecule has 0 amide bonds. The first-order valence-corrected chi connectivity index (χ1v) is 8.74. The Labute approximate surface area is 125 Å². The van der Waals surface area contributed by atoms with E-state index in [0.717, 1.165) is 9.35 Å². The van der Waals surface area contributed by atoms with Crippen molar-refractivity contribution in [2.45, 2.75) is 17.9 Å². The topological polar surface area (TPSA) is 74.8 Å². The van der Waals surface area contributed by atoms with Gasteiger partial charge in [-0.2, -0.15) is 5.10 Å². The zero-order chi connectivity index (χ0) is 13.3. The highest BCUT2D eigenvalue weighted by molar-refractivity contribution is 9.12. The van der Waals surface area contributed by atoms with Crippen molar-refractivity contribution in [1.82, 2.24) is 14.9 Å². The minimum absolute atomic E-state index is 0.231. The van der Waals surface area contributed by atoms with Gasteiger partial charge in [0.15, 0.2) is 0 Å². The van der Waals surface area contributed by atoms with Gasteiger partial charge in [-0.1, -0.05) is 0 Å². The molecule has 2 aromatic rings. The highest BCUT2D eigenvalue weighted by atomic mass is 79.9. The summed E-state index contributed by atoms with van der Waals surface area (Å²) in [7, 11) is -3.55. The van der Waals surface area contributed by atoms with Crippen molar-refractivity contribution in [3.63, 3.8) is 0 Å². The lowest BCUT2D eigenvalue weighted by Gasteiger charge is -2.11. The standard InChI is InChI=1S/C9H9Br2N3O2S2/c1-5(6-3-12-13-4-6)14-18(15,16)7-2-8(10)17-9(7)11/h2-5,14H,1H3,(H,12,13). The number of aromatic nitrogens is 2. The number of nitrogens with one attached hydrogen (secondary N) is 2. The number of thiophene rings is 1. The maximum atomic E-state index is 12.2. The molecule has 0 saturated carbocycles. The van der Waals surface area contributed by atoms with Gasteiger partial charge in [-0.05, 0) is 44.8 Å². The summed E-state index contributed by atoms with van der Waals surface area (Å²) in [6.45, 7) is 1.76. The minimum atomic E-state index is -3.55. The van der Waals surface area contributed by atoms with E-state index in [0.29, 0.717) is 3.79 Å². The molecule has 0 fully saturated rings. The number of rotatable bonds is 4. The Morgan fingerprint density at radius 2 is 2.22 bits per heavy atom. The van der Waals surface area contributed by atoms with Crippen LogP contribution in [-0.4, -0.2) is 18.6 Å². The van der Waals surface area contributed by atoms with E-state index in [1.807, 2.05) is 0 Å². The molecule has 0 aliphatic carbocycles. The van der Waals surface area contributed by atoms with E-state index in [1.54, 1.807) is 25.4 Å². The quantitative estimate of drug-likeness (QED) is 0.807. The van der Waals surface area contributed by atoms with E-state index in [-0.39, 0.29) is 10.9 Å². The lowest BCUT2D eigenvalue weighted by Crippen LogP contribution is -2.26. The molecule has 18 heavy (non-hydrogen) atoms. The predicted molar refractivity (Wildman–Crippen MR) is 77.0 cm³/mol. The van der Waals surface area contributed by atoms with Crippen LogP contribution in [0.2, 0.25) is 0 Å². The van der Waals surface area contributed by atoms with Gasteiger partial charge < -0.3 is 0 Å². The molecule has 5 nitrogen and oxygen atoms in total. The molecule has 9 heteroatoms. The number of aromatic amines is 1. The Hall–Kier alpha value is -0.220. The first kappa shape index (κ1) is 14.2. The van der Waals surface area contributed by atoms with Crippen molar-refractivity contribution >= 4 is 53.2 Å². The normalized spacial score (nSPS) is 13.7. The first-order valence-electron chi connectivity index (χ1n) is 4.86. The SMILES string of the molecule is CC(NS(=O)(=O)c1cc(Br)sc1Br)c1cn[nH]c1. The molecule has 0 aliphatic rings. The highest BCUT2D eigenvalue weighted by Gasteiger charge is 2.23. The van der Waals surface area contributed by atoms with Crippen molar-refractivity contribution in [1.29, 1.82) is 0 Å². The molecule has 0 spiro atoms. The molecule has 2 aromatic heterocycles. The van der Waals surface area contributed by atoms with Gasteiger partial charge in [0.25, 0.3) is 0 Å². The second kappa shape index (κ2) is 5.41. The first-order chi connectivity index (χ1) is 8.40. The summed E-state index contributed by atoms with van der Waals surface area (Å²) in [5.74, 6) is 0. The molecule has 0 aliphatic heterocycles. The van der Waals surface area contributed by atoms with Crippen LogP contribution >= 0.6 is 43.2 Å². The van der Waals surface area contributed by atoms with E-state index in [9.17, 15) is 8.42 Å². The molecular weight excluding hydrogens is 406 g/mol. The fraction of sp³-hybridized carbons (Fsp3) is 0.222. The van der Waals surface area contributed by atoms with Crippen LogP contribution in [0.25, 0.3) is 0 Å². The molecule has 2 heterocycles. The van der Waals surface area contributed by atoms with Gasteiger partial charge in [0, 0.05) is 17.8 Å². The lowest BCUT2D eigenvalue weighted by molar-refractivity contribution is 0.567. The monoisotopic (exact) mass is 413 g/mol. The number of hydrogen-bond donors (Lipinski definition) is 2. The van der Waals surface area contributed by atoms with Crippen molar-refractivity contribution in [3.05, 3.63) is 31.6 Å². The van der Waals surface area contributed by atoms with E-state index in [2.05, 4.69) is 46.8 Å². The molecule has 0 saturated heterocycles. The van der Waals surface area contributed by atoms with E-state index >= 15 is 0 Å². The van der Waals surface area contributed by atoms with Crippen molar-refractivity contribution in [3.8, 4) is 0 Å². The molecule has 0 radical (unpaired) electrons. The van der Waals surface area contributed by atoms with Crippen molar-refractivity contribution < 1.29 is 8.42 Å². The second-order valence-electron chi connectivity index (χ2n) is 3.56. The molecule has 2 rings (SSSR count). The number of sulfonamides is 1. The molecule has 2 N–H and O–H groups in total. The van der Waals surface area contributed by atoms with Gasteiger partial charge in [0.05, 0.1) is 13.8 Å². The summed E-state index contributed by atoms with van der Waals surface area (Å²) in [6, 6.07) is 1.22. The fourth-order valence-electron chi connectivity index (χ4n) is 1.37. The molecular formula is C9H9Br2N3O2S2. The Bertz CT molecular complexity index is 637. The molecule has 0 aromatic carbocycles. The van der Waals surface area contributed by atoms with Crippen LogP contribution in [-0.2, 0) is 10.0 Å². The van der Waals surface area contributed by atoms with Gasteiger partial charge in [-0.15, -0.1) is 11.3 Å². The van der Waals surface area contributed by atoms with Crippen LogP contribution in [0.15, 0.2) is 30.9 Å². The van der Waals surface area contributed by atoms with Crippen LogP contribution < -0.4 is 4.72 Å². The maximum absolute atomic E-state index is 12.2. The average molecular weight is 415 g/mol. The van der Waals surface area contributed by atoms with Crippen molar-refractivity contribution in [2.24, 2.45) is 0 Å². The van der Waals surface area contributed by atoms with Gasteiger partial charge in [-0.25, -0.2) is 13.1 Å². The number of hydrogen-bond acceptors (Lipinski definition) is 4. The number of nitrogens with zero attached hydrogens (tertiary/aromatic N) is 1. The summed E-state index contributed by atoms with van der Waals surface area (Å²) in [4.78, 5) is 0.231. The smallest absolute Gasteiger partial charge is 0.243 e. The zero-order valence-electron chi connectivity index (χ0n) is 9.15. The number of H-pyrrole nitrogens is 1. The highest BCUT2D eigenvalue weighted by Crippen LogP contribution is 2.35. The summed E-state index contributed by atoms with van der Waals surface area (Å²) < 4.78 is 28.3. The third kappa shape index (κ3) is 3.02. The van der Waals surface area contributed by atoms with Gasteiger partial charge in [0.1, 0.15) is 4.90 Å². The van der Waals surface area contributed by atoms with E-state index in [1.165, 1.54) is 11.3 Å². The predicted octanol–water partition coefficient (Wildman–Crippen LogP) is 3.04. The Kier molecular flexibility index (Phi) is 4.27. The number of halogens is 2. The minimum Gasteiger partial charge on any atom is -0.285 e. The second-order valence-corrected chi connectivity index (χ2v) is 8.99. The molecule has 98 valence electrons. The average Bonchev–Trinajstić information content (AvgIpc) is 2.86. The molecule has 1 atom stereocenters. The van der Waals surface area contributed by atoms with E-state index in [4.69, 9.17) is 0 Å². The largest absolute Gasteiger partial charge is 0.285 e.